The molecule has 1 amide bonds. The van der Waals surface area contributed by atoms with E-state index in [0.717, 1.165) is 30.5 Å². The Kier molecular flexibility index (Phi) is 2.48. The van der Waals surface area contributed by atoms with Crippen molar-refractivity contribution in [3.05, 3.63) is 17.0 Å². The summed E-state index contributed by atoms with van der Waals surface area (Å²) in [6.07, 6.45) is 4.36. The second kappa shape index (κ2) is 3.82. The minimum atomic E-state index is -0.156. The first-order valence-electron chi connectivity index (χ1n) is 6.54. The van der Waals surface area contributed by atoms with Crippen molar-refractivity contribution in [2.24, 2.45) is 11.1 Å². The van der Waals surface area contributed by atoms with Crippen molar-refractivity contribution < 1.29 is 9.32 Å². The number of hydrogen-bond donors (Lipinski definition) is 2. The number of rotatable bonds is 2. The van der Waals surface area contributed by atoms with Crippen molar-refractivity contribution in [1.82, 2.24) is 10.5 Å². The number of nitrogens with two attached hydrogens (primary N) is 1. The Morgan fingerprint density at radius 3 is 2.67 bits per heavy atom. The average Bonchev–Trinajstić information content (AvgIpc) is 2.56. The zero-order valence-corrected chi connectivity index (χ0v) is 10.8. The van der Waals surface area contributed by atoms with Crippen LogP contribution in [0.3, 0.4) is 0 Å². The van der Waals surface area contributed by atoms with Crippen molar-refractivity contribution in [1.29, 1.82) is 0 Å². The Bertz CT molecular complexity index is 490. The summed E-state index contributed by atoms with van der Waals surface area (Å²) in [6.45, 7) is 3.69. The number of aromatic nitrogens is 1. The molecule has 0 aliphatic heterocycles. The average molecular weight is 249 g/mol. The van der Waals surface area contributed by atoms with Gasteiger partial charge in [-0.2, -0.15) is 0 Å². The molecule has 2 fully saturated rings. The number of aryl methyl sites for hydroxylation is 1. The van der Waals surface area contributed by atoms with Crippen LogP contribution < -0.4 is 11.1 Å². The first-order valence-corrected chi connectivity index (χ1v) is 6.54. The lowest BCUT2D eigenvalue weighted by molar-refractivity contribution is -0.0393. The Labute approximate surface area is 106 Å². The largest absolute Gasteiger partial charge is 0.350 e. The van der Waals surface area contributed by atoms with E-state index in [0.29, 0.717) is 5.76 Å². The van der Waals surface area contributed by atoms with E-state index < -0.39 is 0 Å². The normalized spacial score (nSPS) is 28.6. The van der Waals surface area contributed by atoms with Crippen molar-refractivity contribution in [3.8, 4) is 0 Å². The molecule has 98 valence electrons. The number of hydrogen-bond acceptors (Lipinski definition) is 4. The highest BCUT2D eigenvalue weighted by atomic mass is 16.5. The van der Waals surface area contributed by atoms with E-state index >= 15 is 0 Å². The standard InChI is InChI=1S/C13H19N3O2/c1-7-8(2)16-18-11(7)12(17)15-10-6-9(14)13(10)4-3-5-13/h9-10H,3-6,14H2,1-2H3,(H,15,17). The van der Waals surface area contributed by atoms with Gasteiger partial charge in [-0.1, -0.05) is 11.6 Å². The molecule has 0 aromatic carbocycles. The van der Waals surface area contributed by atoms with E-state index in [1.165, 1.54) is 6.42 Å². The second-order valence-corrected chi connectivity index (χ2v) is 5.68. The van der Waals surface area contributed by atoms with Crippen LogP contribution in [0.15, 0.2) is 4.52 Å². The highest BCUT2D eigenvalue weighted by molar-refractivity contribution is 5.93. The molecule has 0 saturated heterocycles. The van der Waals surface area contributed by atoms with Crippen molar-refractivity contribution in [3.63, 3.8) is 0 Å². The number of nitrogens with zero attached hydrogens (tertiary/aromatic N) is 1. The topological polar surface area (TPSA) is 81.2 Å². The van der Waals surface area contributed by atoms with E-state index in [1.807, 2.05) is 13.8 Å². The molecule has 0 bridgehead atoms. The van der Waals surface area contributed by atoms with Gasteiger partial charge in [0.15, 0.2) is 0 Å². The maximum atomic E-state index is 12.1. The summed E-state index contributed by atoms with van der Waals surface area (Å²) in [5.74, 6) is 0.179. The van der Waals surface area contributed by atoms with Gasteiger partial charge in [0.25, 0.3) is 5.91 Å². The SMILES string of the molecule is Cc1noc(C(=O)NC2CC(N)C23CCC3)c1C. The van der Waals surface area contributed by atoms with E-state index in [1.54, 1.807) is 0 Å². The second-order valence-electron chi connectivity index (χ2n) is 5.68. The van der Waals surface area contributed by atoms with Crippen LogP contribution in [-0.2, 0) is 0 Å². The minimum Gasteiger partial charge on any atom is -0.350 e. The van der Waals surface area contributed by atoms with Gasteiger partial charge in [0.05, 0.1) is 5.69 Å². The Hall–Kier alpha value is -1.36. The van der Waals surface area contributed by atoms with Crippen LogP contribution in [0.5, 0.6) is 0 Å². The number of amides is 1. The monoisotopic (exact) mass is 249 g/mol. The van der Waals surface area contributed by atoms with Gasteiger partial charge in [-0.25, -0.2) is 0 Å². The van der Waals surface area contributed by atoms with Gasteiger partial charge < -0.3 is 15.6 Å². The van der Waals surface area contributed by atoms with Gasteiger partial charge in [0.2, 0.25) is 5.76 Å². The van der Waals surface area contributed by atoms with E-state index in [-0.39, 0.29) is 23.4 Å². The molecular weight excluding hydrogens is 230 g/mol. The van der Waals surface area contributed by atoms with Crippen LogP contribution in [0.4, 0.5) is 0 Å². The molecule has 1 heterocycles. The van der Waals surface area contributed by atoms with Gasteiger partial charge in [-0.3, -0.25) is 4.79 Å². The summed E-state index contributed by atoms with van der Waals surface area (Å²) in [5, 5.41) is 6.87. The lowest BCUT2D eigenvalue weighted by atomic mass is 9.50. The molecule has 3 N–H and O–H groups in total. The molecular formula is C13H19N3O2. The predicted octanol–water partition coefficient (Wildman–Crippen LogP) is 1.29. The summed E-state index contributed by atoms with van der Waals surface area (Å²) in [4.78, 5) is 12.1. The van der Waals surface area contributed by atoms with Crippen LogP contribution in [-0.4, -0.2) is 23.1 Å². The Morgan fingerprint density at radius 1 is 1.50 bits per heavy atom. The van der Waals surface area contributed by atoms with Crippen molar-refractivity contribution in [2.45, 2.75) is 51.6 Å². The third kappa shape index (κ3) is 1.43. The summed E-state index contributed by atoms with van der Waals surface area (Å²) in [6, 6.07) is 0.452. The zero-order valence-electron chi connectivity index (χ0n) is 10.8. The van der Waals surface area contributed by atoms with Gasteiger partial charge in [0, 0.05) is 23.1 Å². The zero-order chi connectivity index (χ0) is 12.9. The fourth-order valence-corrected chi connectivity index (χ4v) is 3.18. The molecule has 18 heavy (non-hydrogen) atoms. The third-order valence-corrected chi connectivity index (χ3v) is 4.88. The highest BCUT2D eigenvalue weighted by Gasteiger charge is 2.57. The van der Waals surface area contributed by atoms with Gasteiger partial charge in [-0.15, -0.1) is 0 Å². The summed E-state index contributed by atoms with van der Waals surface area (Å²) in [7, 11) is 0. The molecule has 1 aromatic heterocycles. The quantitative estimate of drug-likeness (QED) is 0.827. The molecule has 2 aliphatic rings. The van der Waals surface area contributed by atoms with Gasteiger partial charge in [0.1, 0.15) is 0 Å². The Balaban J connectivity index is 1.71. The summed E-state index contributed by atoms with van der Waals surface area (Å²) in [5.41, 5.74) is 7.82. The molecule has 2 saturated carbocycles. The predicted molar refractivity (Wildman–Crippen MR) is 66.1 cm³/mol. The van der Waals surface area contributed by atoms with E-state index in [2.05, 4.69) is 10.5 Å². The minimum absolute atomic E-state index is 0.156. The molecule has 3 rings (SSSR count). The molecule has 5 nitrogen and oxygen atoms in total. The first kappa shape index (κ1) is 11.7. The fourth-order valence-electron chi connectivity index (χ4n) is 3.18. The molecule has 5 heteroatoms. The Morgan fingerprint density at radius 2 is 2.22 bits per heavy atom. The lowest BCUT2D eigenvalue weighted by Crippen LogP contribution is -2.69. The summed E-state index contributed by atoms with van der Waals surface area (Å²) < 4.78 is 5.08. The fraction of sp³-hybridized carbons (Fsp3) is 0.692. The first-order chi connectivity index (χ1) is 8.54. The number of carbonyl (C=O) groups is 1. The van der Waals surface area contributed by atoms with Gasteiger partial charge in [-0.05, 0) is 33.1 Å². The molecule has 2 atom stereocenters. The van der Waals surface area contributed by atoms with Crippen molar-refractivity contribution >= 4 is 5.91 Å². The smallest absolute Gasteiger partial charge is 0.290 e. The third-order valence-electron chi connectivity index (χ3n) is 4.88. The van der Waals surface area contributed by atoms with E-state index in [4.69, 9.17) is 10.3 Å². The van der Waals surface area contributed by atoms with Crippen LogP contribution in [0.2, 0.25) is 0 Å². The summed E-state index contributed by atoms with van der Waals surface area (Å²) >= 11 is 0. The maximum Gasteiger partial charge on any atom is 0.290 e. The van der Waals surface area contributed by atoms with Crippen LogP contribution >= 0.6 is 0 Å². The van der Waals surface area contributed by atoms with Crippen molar-refractivity contribution in [2.75, 3.05) is 0 Å². The van der Waals surface area contributed by atoms with Gasteiger partial charge >= 0.3 is 0 Å². The number of carbonyl (C=O) groups excluding carboxylic acids is 1. The molecule has 0 radical (unpaired) electrons. The van der Waals surface area contributed by atoms with Crippen LogP contribution in [0, 0.1) is 19.3 Å². The highest BCUT2D eigenvalue weighted by Crippen LogP contribution is 2.55. The maximum absolute atomic E-state index is 12.1. The van der Waals surface area contributed by atoms with Crippen LogP contribution in [0.1, 0.15) is 47.5 Å². The van der Waals surface area contributed by atoms with Crippen LogP contribution in [0.25, 0.3) is 0 Å². The molecule has 1 spiro atoms. The molecule has 1 aromatic rings. The van der Waals surface area contributed by atoms with E-state index in [9.17, 15) is 4.79 Å². The molecule has 2 aliphatic carbocycles. The number of nitrogens with one attached hydrogen (secondary N) is 1. The lowest BCUT2D eigenvalue weighted by Gasteiger charge is -2.60. The molecule has 2 unspecified atom stereocenters.